The second kappa shape index (κ2) is 8.59. The third-order valence-electron chi connectivity index (χ3n) is 7.32. The van der Waals surface area contributed by atoms with Crippen molar-refractivity contribution in [1.82, 2.24) is 10.2 Å². The van der Waals surface area contributed by atoms with Gasteiger partial charge in [0.2, 0.25) is 5.91 Å². The van der Waals surface area contributed by atoms with Gasteiger partial charge in [-0.25, -0.2) is 8.78 Å². The van der Waals surface area contributed by atoms with Crippen molar-refractivity contribution in [3.63, 3.8) is 0 Å². The van der Waals surface area contributed by atoms with E-state index in [0.29, 0.717) is 31.6 Å². The zero-order valence-corrected chi connectivity index (χ0v) is 17.9. The number of piperidine rings is 1. The Labute approximate surface area is 185 Å². The van der Waals surface area contributed by atoms with Crippen LogP contribution in [0.1, 0.15) is 50.0 Å². The molecule has 174 valence electrons. The van der Waals surface area contributed by atoms with Crippen LogP contribution in [0.15, 0.2) is 12.1 Å². The van der Waals surface area contributed by atoms with E-state index in [2.05, 4.69) is 5.32 Å². The molecule has 2 atom stereocenters. The zero-order valence-electron chi connectivity index (χ0n) is 17.9. The number of nitrogens with one attached hydrogen (secondary N) is 1. The maximum atomic E-state index is 14.7. The summed E-state index contributed by atoms with van der Waals surface area (Å²) in [6, 6.07) is 1.71. The molecular weight excluding hydrogens is 422 g/mol. The highest BCUT2D eigenvalue weighted by Crippen LogP contribution is 2.41. The monoisotopic (exact) mass is 450 g/mol. The van der Waals surface area contributed by atoms with E-state index in [1.165, 1.54) is 6.07 Å². The smallest absolute Gasteiger partial charge is 0.260 e. The van der Waals surface area contributed by atoms with E-state index >= 15 is 0 Å². The molecule has 32 heavy (non-hydrogen) atoms. The Morgan fingerprint density at radius 3 is 2.69 bits per heavy atom. The summed E-state index contributed by atoms with van der Waals surface area (Å²) in [6.07, 6.45) is 4.30. The highest BCUT2D eigenvalue weighted by Gasteiger charge is 2.50. The Kier molecular flexibility index (Phi) is 5.79. The van der Waals surface area contributed by atoms with Gasteiger partial charge in [-0.1, -0.05) is 0 Å². The van der Waals surface area contributed by atoms with Gasteiger partial charge in [-0.2, -0.15) is 0 Å². The van der Waals surface area contributed by atoms with Crippen LogP contribution in [-0.2, 0) is 19.1 Å². The number of rotatable bonds is 0. The molecule has 5 aliphatic rings. The van der Waals surface area contributed by atoms with Crippen molar-refractivity contribution < 1.29 is 32.6 Å². The van der Waals surface area contributed by atoms with Gasteiger partial charge in [0.15, 0.2) is 18.2 Å². The molecule has 1 aliphatic carbocycles. The predicted octanol–water partition coefficient (Wildman–Crippen LogP) is 2.28. The Bertz CT molecular complexity index is 901. The van der Waals surface area contributed by atoms with Crippen molar-refractivity contribution in [3.8, 4) is 5.75 Å². The Balaban J connectivity index is 1.48. The number of benzene rings is 1. The number of ether oxygens (including phenoxy) is 3. The number of hydrogen-bond donors (Lipinski definition) is 1. The van der Waals surface area contributed by atoms with Crippen molar-refractivity contribution in [1.29, 1.82) is 0 Å². The summed E-state index contributed by atoms with van der Waals surface area (Å²) in [5.41, 5.74) is -0.236. The maximum Gasteiger partial charge on any atom is 0.260 e. The highest BCUT2D eigenvalue weighted by atomic mass is 19.1. The van der Waals surface area contributed by atoms with Crippen LogP contribution >= 0.6 is 0 Å². The van der Waals surface area contributed by atoms with Crippen molar-refractivity contribution in [2.24, 2.45) is 0 Å². The van der Waals surface area contributed by atoms with E-state index in [9.17, 15) is 18.4 Å². The van der Waals surface area contributed by atoms with Crippen LogP contribution in [0.2, 0.25) is 0 Å². The first kappa shape index (κ1) is 21.6. The average molecular weight is 450 g/mol. The number of fused-ring (bicyclic) bond motifs is 5. The van der Waals surface area contributed by atoms with Crippen molar-refractivity contribution in [3.05, 3.63) is 29.3 Å². The lowest BCUT2D eigenvalue weighted by Gasteiger charge is -2.51. The summed E-state index contributed by atoms with van der Waals surface area (Å²) in [4.78, 5) is 27.1. The number of amides is 2. The average Bonchev–Trinajstić information content (AvgIpc) is 2.78. The third-order valence-corrected chi connectivity index (χ3v) is 7.32. The molecule has 7 nitrogen and oxygen atoms in total. The summed E-state index contributed by atoms with van der Waals surface area (Å²) >= 11 is 0. The van der Waals surface area contributed by atoms with E-state index < -0.39 is 23.2 Å². The van der Waals surface area contributed by atoms with Gasteiger partial charge in [-0.3, -0.25) is 9.59 Å². The highest BCUT2D eigenvalue weighted by molar-refractivity contribution is 5.81. The Morgan fingerprint density at radius 2 is 1.91 bits per heavy atom. The first-order valence-corrected chi connectivity index (χ1v) is 11.4. The fraction of sp³-hybridized carbons (Fsp3) is 0.652. The normalized spacial score (nSPS) is 33.3. The van der Waals surface area contributed by atoms with Gasteiger partial charge in [0.1, 0.15) is 12.4 Å². The number of nitrogens with zero attached hydrogens (tertiary/aromatic N) is 1. The topological polar surface area (TPSA) is 77.1 Å². The maximum absolute atomic E-state index is 14.7. The molecule has 1 saturated carbocycles. The first-order chi connectivity index (χ1) is 15.4. The lowest BCUT2D eigenvalue weighted by molar-refractivity contribution is -0.156. The minimum atomic E-state index is -0.791. The molecule has 1 aromatic carbocycles. The summed E-state index contributed by atoms with van der Waals surface area (Å²) in [6.45, 7) is 0.706. The lowest BCUT2D eigenvalue weighted by atomic mass is 9.80. The lowest BCUT2D eigenvalue weighted by Crippen LogP contribution is -2.72. The van der Waals surface area contributed by atoms with E-state index in [1.54, 1.807) is 4.90 Å². The van der Waals surface area contributed by atoms with Crippen LogP contribution in [-0.4, -0.2) is 67.4 Å². The molecule has 1 spiro atoms. The molecular formula is C23H28F2N2O5. The van der Waals surface area contributed by atoms with Gasteiger partial charge in [-0.05, 0) is 50.5 Å². The van der Waals surface area contributed by atoms with Gasteiger partial charge in [0.05, 0.1) is 30.9 Å². The molecule has 9 heteroatoms. The van der Waals surface area contributed by atoms with E-state index in [-0.39, 0.29) is 49.4 Å². The molecule has 2 saturated heterocycles. The Hall–Kier alpha value is -2.26. The number of halogens is 2. The molecule has 2 amide bonds. The fourth-order valence-corrected chi connectivity index (χ4v) is 5.74. The molecule has 4 aliphatic heterocycles. The molecule has 0 radical (unpaired) electrons. The van der Waals surface area contributed by atoms with Crippen LogP contribution in [0.4, 0.5) is 8.78 Å². The van der Waals surface area contributed by atoms with Crippen LogP contribution in [0, 0.1) is 11.6 Å². The van der Waals surface area contributed by atoms with Gasteiger partial charge in [0.25, 0.3) is 5.91 Å². The van der Waals surface area contributed by atoms with E-state index in [0.717, 1.165) is 31.7 Å². The summed E-state index contributed by atoms with van der Waals surface area (Å²) in [7, 11) is 0. The largest absolute Gasteiger partial charge is 0.480 e. The molecule has 1 N–H and O–H groups in total. The van der Waals surface area contributed by atoms with Crippen molar-refractivity contribution >= 4 is 11.8 Å². The SMILES string of the molecule is O=C1COC[C@]2(CCCN3C(=O)COc4c(F)cc(F)cc4[C@H]4CC[C@H](CC4)OC[C@@H]32)N1. The predicted molar refractivity (Wildman–Crippen MR) is 109 cm³/mol. The molecule has 4 heterocycles. The second-order valence-electron chi connectivity index (χ2n) is 9.31. The van der Waals surface area contributed by atoms with Gasteiger partial charge >= 0.3 is 0 Å². The van der Waals surface area contributed by atoms with E-state index in [1.807, 2.05) is 0 Å². The number of morpholine rings is 1. The van der Waals surface area contributed by atoms with Gasteiger partial charge in [0, 0.05) is 18.2 Å². The molecule has 3 fully saturated rings. The second-order valence-corrected chi connectivity index (χ2v) is 9.31. The van der Waals surface area contributed by atoms with Crippen LogP contribution in [0.25, 0.3) is 0 Å². The molecule has 0 aromatic heterocycles. The van der Waals surface area contributed by atoms with Gasteiger partial charge < -0.3 is 24.4 Å². The van der Waals surface area contributed by atoms with Crippen molar-refractivity contribution in [2.45, 2.75) is 62.1 Å². The molecule has 1 aromatic rings. The number of carbonyl (C=O) groups excluding carboxylic acids is 2. The van der Waals surface area contributed by atoms with Crippen LogP contribution in [0.5, 0.6) is 5.75 Å². The van der Waals surface area contributed by atoms with Crippen LogP contribution in [0.3, 0.4) is 0 Å². The zero-order chi connectivity index (χ0) is 22.3. The molecule has 2 bridgehead atoms. The minimum Gasteiger partial charge on any atom is -0.480 e. The molecule has 6 rings (SSSR count). The van der Waals surface area contributed by atoms with Crippen LogP contribution < -0.4 is 10.1 Å². The molecule has 0 unspecified atom stereocenters. The summed E-state index contributed by atoms with van der Waals surface area (Å²) < 4.78 is 46.2. The minimum absolute atomic E-state index is 0.00299. The summed E-state index contributed by atoms with van der Waals surface area (Å²) in [5, 5.41) is 3.07. The summed E-state index contributed by atoms with van der Waals surface area (Å²) in [5.74, 6) is -2.06. The first-order valence-electron chi connectivity index (χ1n) is 11.4. The number of hydrogen-bond acceptors (Lipinski definition) is 5. The standard InChI is InChI=1S/C23H28F2N2O5/c24-15-8-17-14-2-4-16(5-3-14)31-10-19-23(13-30-11-20(28)26-23)6-1-7-27(19)21(29)12-32-22(17)18(25)9-15/h8-9,14,16,19H,1-7,10-13H2,(H,26,28)/t14-,16+,19-,23+/m1/s1. The quantitative estimate of drug-likeness (QED) is 0.656. The number of carbonyl (C=O) groups is 2. The van der Waals surface area contributed by atoms with Gasteiger partial charge in [-0.15, -0.1) is 0 Å². The van der Waals surface area contributed by atoms with E-state index in [4.69, 9.17) is 14.2 Å². The third kappa shape index (κ3) is 3.96. The fourth-order valence-electron chi connectivity index (χ4n) is 5.74. The Morgan fingerprint density at radius 1 is 1.09 bits per heavy atom. The van der Waals surface area contributed by atoms with Crippen molar-refractivity contribution in [2.75, 3.05) is 33.0 Å².